The van der Waals surface area contributed by atoms with Crippen LogP contribution in [0.5, 0.6) is 0 Å². The van der Waals surface area contributed by atoms with E-state index in [0.717, 1.165) is 0 Å². The molecule has 0 radical (unpaired) electrons. The fraction of sp³-hybridized carbons (Fsp3) is 0. The summed E-state index contributed by atoms with van der Waals surface area (Å²) in [7, 11) is 0. The molecule has 2 aromatic heterocycles. The molecule has 30 heavy (non-hydrogen) atoms. The Morgan fingerprint density at radius 3 is 2.17 bits per heavy atom. The molecule has 0 amide bonds. The van der Waals surface area contributed by atoms with E-state index in [1.165, 1.54) is 48.7 Å². The van der Waals surface area contributed by atoms with Crippen LogP contribution in [-0.2, 0) is 0 Å². The summed E-state index contributed by atoms with van der Waals surface area (Å²) >= 11 is 0. The molecule has 0 saturated carbocycles. The van der Waals surface area contributed by atoms with Gasteiger partial charge in [0.1, 0.15) is 17.5 Å². The smallest absolute Gasteiger partial charge is 0.247 e. The van der Waals surface area contributed by atoms with E-state index >= 15 is 0 Å². The highest BCUT2D eigenvalue weighted by Gasteiger charge is 2.23. The standard InChI is InChI=1S/C23H14F2N4O/c1-27-22-19(13-4-2-6-16(24)10-13)20(15-8-9-18(30)28-12-15)21(29-23(22)26)14-5-3-7-17(25)11-14/h2-12H,(H2,26,29)(H,28,30). The van der Waals surface area contributed by atoms with Crippen LogP contribution in [0.2, 0.25) is 0 Å². The molecule has 4 rings (SSSR count). The van der Waals surface area contributed by atoms with Crippen molar-refractivity contribution in [2.75, 3.05) is 5.73 Å². The molecule has 0 spiro atoms. The number of halogens is 2. The van der Waals surface area contributed by atoms with Gasteiger partial charge in [-0.05, 0) is 41.5 Å². The van der Waals surface area contributed by atoms with Crippen molar-refractivity contribution in [2.45, 2.75) is 0 Å². The van der Waals surface area contributed by atoms with Crippen molar-refractivity contribution in [2.24, 2.45) is 0 Å². The van der Waals surface area contributed by atoms with Gasteiger partial charge in [-0.15, -0.1) is 0 Å². The van der Waals surface area contributed by atoms with Crippen molar-refractivity contribution in [1.82, 2.24) is 9.97 Å². The zero-order valence-electron chi connectivity index (χ0n) is 15.5. The van der Waals surface area contributed by atoms with E-state index in [4.69, 9.17) is 12.3 Å². The number of anilines is 1. The highest BCUT2D eigenvalue weighted by molar-refractivity contribution is 6.01. The third kappa shape index (κ3) is 3.42. The Morgan fingerprint density at radius 1 is 0.900 bits per heavy atom. The molecule has 7 heteroatoms. The van der Waals surface area contributed by atoms with Gasteiger partial charge < -0.3 is 10.7 Å². The van der Waals surface area contributed by atoms with Crippen LogP contribution in [0.1, 0.15) is 0 Å². The lowest BCUT2D eigenvalue weighted by Crippen LogP contribution is -2.04. The summed E-state index contributed by atoms with van der Waals surface area (Å²) < 4.78 is 28.0. The van der Waals surface area contributed by atoms with Gasteiger partial charge in [0.15, 0.2) is 0 Å². The minimum Gasteiger partial charge on any atom is -0.392 e. The van der Waals surface area contributed by atoms with Crippen LogP contribution in [0.3, 0.4) is 0 Å². The van der Waals surface area contributed by atoms with Crippen LogP contribution in [-0.4, -0.2) is 9.97 Å². The molecular formula is C23H14F2N4O. The quantitative estimate of drug-likeness (QED) is 0.465. The van der Waals surface area contributed by atoms with Crippen LogP contribution in [0.15, 0.2) is 71.7 Å². The summed E-state index contributed by atoms with van der Waals surface area (Å²) in [4.78, 5) is 22.1. The monoisotopic (exact) mass is 400 g/mol. The molecule has 2 heterocycles. The van der Waals surface area contributed by atoms with Gasteiger partial charge in [0.05, 0.1) is 12.3 Å². The first kappa shape index (κ1) is 19.0. The average Bonchev–Trinajstić information content (AvgIpc) is 2.73. The molecule has 146 valence electrons. The van der Waals surface area contributed by atoms with Gasteiger partial charge in [0.25, 0.3) is 0 Å². The number of nitrogens with zero attached hydrogens (tertiary/aromatic N) is 2. The molecule has 0 fully saturated rings. The van der Waals surface area contributed by atoms with Crippen LogP contribution in [0.25, 0.3) is 38.4 Å². The SMILES string of the molecule is [C-]#[N+]c1c(N)nc(-c2cccc(F)c2)c(-c2ccc(=O)[nH]c2)c1-c1cccc(F)c1. The highest BCUT2D eigenvalue weighted by Crippen LogP contribution is 2.46. The van der Waals surface area contributed by atoms with Gasteiger partial charge >= 0.3 is 0 Å². The van der Waals surface area contributed by atoms with Crippen LogP contribution in [0, 0.1) is 18.2 Å². The minimum absolute atomic E-state index is 0.0435. The Balaban J connectivity index is 2.18. The number of nitrogens with two attached hydrogens (primary N) is 1. The van der Waals surface area contributed by atoms with Crippen LogP contribution in [0.4, 0.5) is 20.3 Å². The second-order valence-electron chi connectivity index (χ2n) is 6.52. The normalized spacial score (nSPS) is 10.6. The number of rotatable bonds is 3. The number of nitrogen functional groups attached to an aromatic ring is 1. The van der Waals surface area contributed by atoms with Crippen LogP contribution >= 0.6 is 0 Å². The van der Waals surface area contributed by atoms with E-state index in [1.54, 1.807) is 18.2 Å². The number of hydrogen-bond acceptors (Lipinski definition) is 3. The predicted molar refractivity (Wildman–Crippen MR) is 112 cm³/mol. The molecule has 5 nitrogen and oxygen atoms in total. The Bertz CT molecular complexity index is 1350. The van der Waals surface area contributed by atoms with Crippen molar-refractivity contribution in [3.05, 3.63) is 100 Å². The fourth-order valence-corrected chi connectivity index (χ4v) is 3.32. The number of H-pyrrole nitrogens is 1. The lowest BCUT2D eigenvalue weighted by Gasteiger charge is -2.18. The van der Waals surface area contributed by atoms with Gasteiger partial charge in [-0.2, -0.15) is 0 Å². The van der Waals surface area contributed by atoms with E-state index in [1.807, 2.05) is 0 Å². The van der Waals surface area contributed by atoms with Crippen molar-refractivity contribution >= 4 is 11.5 Å². The average molecular weight is 400 g/mol. The second kappa shape index (κ2) is 7.60. The Morgan fingerprint density at radius 2 is 1.57 bits per heavy atom. The molecule has 4 aromatic rings. The van der Waals surface area contributed by atoms with Gasteiger partial charge in [0.2, 0.25) is 11.2 Å². The first-order valence-corrected chi connectivity index (χ1v) is 8.90. The number of nitrogens with one attached hydrogen (secondary N) is 1. The van der Waals surface area contributed by atoms with Crippen molar-refractivity contribution in [1.29, 1.82) is 0 Å². The summed E-state index contributed by atoms with van der Waals surface area (Å²) in [6, 6.07) is 14.4. The summed E-state index contributed by atoms with van der Waals surface area (Å²) in [5, 5.41) is 0. The minimum atomic E-state index is -0.487. The largest absolute Gasteiger partial charge is 0.392 e. The molecule has 0 atom stereocenters. The number of aromatic amines is 1. The lowest BCUT2D eigenvalue weighted by molar-refractivity contribution is 0.628. The molecule has 0 unspecified atom stereocenters. The maximum absolute atomic E-state index is 14.0. The zero-order chi connectivity index (χ0) is 21.3. The molecule has 0 aliphatic heterocycles. The first-order valence-electron chi connectivity index (χ1n) is 8.90. The van der Waals surface area contributed by atoms with Gasteiger partial charge in [-0.1, -0.05) is 24.3 Å². The van der Waals surface area contributed by atoms with Crippen molar-refractivity contribution in [3.8, 4) is 33.5 Å². The molecule has 0 bridgehead atoms. The lowest BCUT2D eigenvalue weighted by atomic mass is 9.90. The third-order valence-corrected chi connectivity index (χ3v) is 4.59. The molecule has 0 aliphatic rings. The molecule has 0 saturated heterocycles. The van der Waals surface area contributed by atoms with Crippen LogP contribution < -0.4 is 11.3 Å². The van der Waals surface area contributed by atoms with E-state index < -0.39 is 11.6 Å². The highest BCUT2D eigenvalue weighted by atomic mass is 19.1. The van der Waals surface area contributed by atoms with E-state index in [0.29, 0.717) is 33.5 Å². The number of pyridine rings is 2. The van der Waals surface area contributed by atoms with Gasteiger partial charge in [-0.25, -0.2) is 18.6 Å². The predicted octanol–water partition coefficient (Wildman–Crippen LogP) is 5.18. The topological polar surface area (TPSA) is 76.1 Å². The molecule has 2 aromatic carbocycles. The van der Waals surface area contributed by atoms with E-state index in [2.05, 4.69) is 14.8 Å². The Hall–Kier alpha value is -4.31. The second-order valence-corrected chi connectivity index (χ2v) is 6.52. The Kier molecular flexibility index (Phi) is 4.82. The van der Waals surface area contributed by atoms with Crippen molar-refractivity contribution < 1.29 is 8.78 Å². The summed E-state index contributed by atoms with van der Waals surface area (Å²) in [6.07, 6.45) is 1.47. The first-order chi connectivity index (χ1) is 14.5. The third-order valence-electron chi connectivity index (χ3n) is 4.59. The fourth-order valence-electron chi connectivity index (χ4n) is 3.32. The molecular weight excluding hydrogens is 386 g/mol. The summed E-state index contributed by atoms with van der Waals surface area (Å²) in [5.41, 5.74) is 8.27. The Labute approximate surface area is 170 Å². The maximum Gasteiger partial charge on any atom is 0.247 e. The maximum atomic E-state index is 14.0. The molecule has 3 N–H and O–H groups in total. The number of hydrogen-bond donors (Lipinski definition) is 2. The summed E-state index contributed by atoms with van der Waals surface area (Å²) in [5.74, 6) is -1.02. The molecule has 0 aliphatic carbocycles. The number of benzene rings is 2. The van der Waals surface area contributed by atoms with E-state index in [-0.39, 0.29) is 17.1 Å². The number of aromatic nitrogens is 2. The van der Waals surface area contributed by atoms with E-state index in [9.17, 15) is 13.6 Å². The van der Waals surface area contributed by atoms with Gasteiger partial charge in [0, 0.05) is 29.0 Å². The van der Waals surface area contributed by atoms with Crippen molar-refractivity contribution in [3.63, 3.8) is 0 Å². The summed E-state index contributed by atoms with van der Waals surface area (Å²) in [6.45, 7) is 7.62. The van der Waals surface area contributed by atoms with Gasteiger partial charge in [-0.3, -0.25) is 4.79 Å². The zero-order valence-corrected chi connectivity index (χ0v) is 15.5.